The van der Waals surface area contributed by atoms with Crippen molar-refractivity contribution in [1.29, 1.82) is 0 Å². The molecule has 0 saturated carbocycles. The lowest BCUT2D eigenvalue weighted by atomic mass is 9.99. The van der Waals surface area contributed by atoms with Crippen molar-refractivity contribution in [3.8, 4) is 0 Å². The van der Waals surface area contributed by atoms with Gasteiger partial charge in [-0.2, -0.15) is 0 Å². The average Bonchev–Trinajstić information content (AvgIpc) is 1.74. The Morgan fingerprint density at radius 3 is 1.35 bits per heavy atom. The third kappa shape index (κ3) is 38.4. The molecule has 1 aliphatic rings. The second-order valence-electron chi connectivity index (χ2n) is 35.7. The molecule has 758 valence electrons. The molecule has 4 aromatic heterocycles. The Balaban J connectivity index is 1.11. The van der Waals surface area contributed by atoms with Gasteiger partial charge in [0, 0.05) is 109 Å². The summed E-state index contributed by atoms with van der Waals surface area (Å²) in [6, 6.07) is 21.1. The minimum absolute atomic E-state index is 0.00664. The Hall–Kier alpha value is -14.3. The quantitative estimate of drug-likeness (QED) is 0.0243. The predicted octanol–water partition coefficient (Wildman–Crippen LogP) is 2.39. The van der Waals surface area contributed by atoms with E-state index >= 15 is 33.6 Å². The molecule has 17 amide bonds. The van der Waals surface area contributed by atoms with Gasteiger partial charge in [-0.25, -0.2) is 0 Å². The van der Waals surface area contributed by atoms with E-state index < -0.39 is 173 Å². The number of hydrogen-bond acceptors (Lipinski definition) is 23. The third-order valence-electron chi connectivity index (χ3n) is 23.3. The van der Waals surface area contributed by atoms with E-state index in [9.17, 15) is 53.1 Å². The highest BCUT2D eigenvalue weighted by molar-refractivity contribution is 6.30. The predicted molar refractivity (Wildman–Crippen MR) is 525 cm³/mol. The number of primary amides is 1. The van der Waals surface area contributed by atoms with Crippen molar-refractivity contribution >= 4 is 123 Å². The zero-order valence-electron chi connectivity index (χ0n) is 81.0. The second kappa shape index (κ2) is 58.6. The first-order valence-corrected chi connectivity index (χ1v) is 48.0. The van der Waals surface area contributed by atoms with E-state index in [1.807, 2.05) is 56.3 Å². The molecule has 0 aliphatic carbocycles. The molecule has 0 unspecified atom stereocenters. The smallest absolute Gasteiger partial charge is 0.272 e. The molecule has 1 saturated heterocycles. The second-order valence-corrected chi connectivity index (χ2v) is 36.1. The van der Waals surface area contributed by atoms with Crippen LogP contribution in [-0.2, 0) is 86.4 Å². The number of likely N-dealkylation sites (tertiary alicyclic amines) is 1. The number of likely N-dealkylation sites (N-methyl/N-ethyl adjacent to an activating group) is 2. The maximum atomic E-state index is 15.7. The van der Waals surface area contributed by atoms with E-state index in [1.54, 1.807) is 86.6 Å². The fourth-order valence-corrected chi connectivity index (χ4v) is 15.8. The zero-order valence-corrected chi connectivity index (χ0v) is 81.7. The lowest BCUT2D eigenvalue weighted by Crippen LogP contribution is -2.61. The Kier molecular flexibility index (Phi) is 46.5. The minimum atomic E-state index is -1.94. The molecule has 0 spiro atoms. The lowest BCUT2D eigenvalue weighted by Gasteiger charge is -2.31. The van der Waals surface area contributed by atoms with E-state index in [4.69, 9.17) is 17.3 Å². The van der Waals surface area contributed by atoms with Crippen molar-refractivity contribution < 1.29 is 86.6 Å². The molecule has 0 radical (unpaired) electrons. The number of aromatic nitrogens is 4. The summed E-state index contributed by atoms with van der Waals surface area (Å²) in [6.45, 7) is 8.91. The van der Waals surface area contributed by atoms with Gasteiger partial charge in [-0.15, -0.1) is 0 Å². The maximum Gasteiger partial charge on any atom is 0.272 e. The molecule has 40 nitrogen and oxygen atoms in total. The number of aliphatic hydroxyl groups excluding tert-OH is 1. The maximum absolute atomic E-state index is 15.7. The summed E-state index contributed by atoms with van der Waals surface area (Å²) >= 11 is 6.31. The van der Waals surface area contributed by atoms with Crippen LogP contribution in [0.3, 0.4) is 0 Å². The summed E-state index contributed by atoms with van der Waals surface area (Å²) < 4.78 is 0. The SMILES string of the molecule is CC(=O)N[C@H](Cc1ccc2ccccc2c1)C(=O)N[C@H](Cc1ccc(Cl)cc1)C(=O)N[C@H](Cc1cccnc1)C(=O)N[C@@H](CO)C(=O)N[C@@H](CCCCNC(=O)CN(C)C(=O)c1ccccn1)C(=O)N[C@@H](CCCCNC(=O)CN(C)C(=O)c1ccccn1)C(=O)N[C@H](CCCCNC(=O)c1ccccn1)C(=O)N[C@@H](CC(C)C)C(=O)N[C@@H](CCCCNC(C)C)C(=O)N1CCC[C@H]1C(=O)N[C@H](C)C(N)=O. The summed E-state index contributed by atoms with van der Waals surface area (Å²) in [6.07, 6.45) is 8.20. The van der Waals surface area contributed by atoms with Crippen molar-refractivity contribution in [2.75, 3.05) is 66.5 Å². The van der Waals surface area contributed by atoms with Crippen molar-refractivity contribution in [3.63, 3.8) is 0 Å². The number of nitrogens with one attached hydrogen (secondary N) is 14. The van der Waals surface area contributed by atoms with Crippen LogP contribution >= 0.6 is 11.6 Å². The van der Waals surface area contributed by atoms with Gasteiger partial charge in [0.25, 0.3) is 17.7 Å². The highest BCUT2D eigenvalue weighted by Crippen LogP contribution is 2.24. The van der Waals surface area contributed by atoms with Crippen LogP contribution in [0.4, 0.5) is 0 Å². The number of carbonyl (C=O) groups is 17. The molecule has 1 aliphatic heterocycles. The van der Waals surface area contributed by atoms with Crippen molar-refractivity contribution in [2.45, 2.75) is 230 Å². The van der Waals surface area contributed by atoms with E-state index in [0.29, 0.717) is 47.5 Å². The Labute approximate surface area is 825 Å². The Morgan fingerprint density at radius 2 is 0.865 bits per heavy atom. The molecule has 11 atom stereocenters. The highest BCUT2D eigenvalue weighted by atomic mass is 35.5. The van der Waals surface area contributed by atoms with Crippen LogP contribution in [0.5, 0.6) is 0 Å². The molecule has 17 N–H and O–H groups in total. The summed E-state index contributed by atoms with van der Waals surface area (Å²) in [4.78, 5) is 262. The van der Waals surface area contributed by atoms with E-state index in [-0.39, 0.29) is 165 Å². The van der Waals surface area contributed by atoms with Gasteiger partial charge in [0.2, 0.25) is 82.7 Å². The number of unbranched alkanes of at least 4 members (excludes halogenated alkanes) is 4. The summed E-state index contributed by atoms with van der Waals surface area (Å²) in [7, 11) is 2.83. The molecule has 7 aromatic rings. The van der Waals surface area contributed by atoms with Crippen molar-refractivity contribution in [2.24, 2.45) is 11.7 Å². The van der Waals surface area contributed by atoms with Gasteiger partial charge < -0.3 is 100.0 Å². The highest BCUT2D eigenvalue weighted by Gasteiger charge is 2.41. The van der Waals surface area contributed by atoms with E-state index in [2.05, 4.69) is 94.4 Å². The zero-order chi connectivity index (χ0) is 102. The molecule has 41 heteroatoms. The van der Waals surface area contributed by atoms with Gasteiger partial charge >= 0.3 is 0 Å². The number of pyridine rings is 4. The summed E-state index contributed by atoms with van der Waals surface area (Å²) in [5.41, 5.74) is 7.37. The number of carbonyl (C=O) groups excluding carboxylic acids is 17. The van der Waals surface area contributed by atoms with E-state index in [1.165, 1.54) is 82.0 Å². The number of benzene rings is 3. The molecule has 3 aromatic carbocycles. The fraction of sp³-hybridized carbons (Fsp3) is 0.470. The molecule has 141 heavy (non-hydrogen) atoms. The van der Waals surface area contributed by atoms with Gasteiger partial charge in [0.05, 0.1) is 19.7 Å². The summed E-state index contributed by atoms with van der Waals surface area (Å²) in [5, 5.41) is 52.3. The van der Waals surface area contributed by atoms with Crippen molar-refractivity contribution in [1.82, 2.24) is 109 Å². The van der Waals surface area contributed by atoms with E-state index in [0.717, 1.165) is 20.6 Å². The third-order valence-corrected chi connectivity index (χ3v) is 23.6. The standard InChI is InChI=1S/C100H133ClN22O18/c1-62(2)53-79(92(133)116-78(36-17-18-45-104-63(3)4)100(141)123-52-26-37-84(123)97(138)111-64(5)87(102)128)117-91(132)75(33-14-24-51-110-88(129)72-30-11-19-46-105-72)114-89(130)73(31-12-22-49-108-85(126)59-121(7)98(139)76-34-15-20-47-106-76)113-90(131)74(32-13-23-50-109-86(127)60-122(8)99(140)77-35-16-21-48-107-77)115-96(137)83(61-124)120-95(136)82(57-68-27-25-44-103-58-68)119-94(135)81(55-66-39-42-71(101)43-40-66)118-93(134)80(112-65(6)125)56-67-38-41-69-28-9-10-29-70(69)54-67/h9-11,15-16,19-21,25,27-30,34-35,38-44,46-48,54,58,62-64,73-75,78-84,104,124H,12-14,17-18,22-24,26,31-33,36-37,45,49-53,55-57,59-61H2,1-8H3,(H2,102,128)(H,108,126)(H,109,127)(H,110,129)(H,111,138)(H,112,125)(H,113,131)(H,114,130)(H,115,137)(H,116,133)(H,117,132)(H,118,134)(H,119,135)(H,120,136)/t64-,73+,74+,75-,78+,79+,80-,81-,82-,83+,84+/m1/s1. The van der Waals surface area contributed by atoms with Crippen LogP contribution in [0, 0.1) is 5.92 Å². The number of hydrogen-bond donors (Lipinski definition) is 16. The minimum Gasteiger partial charge on any atom is -0.394 e. The number of aliphatic hydroxyl groups is 1. The number of rotatable bonds is 58. The van der Waals surface area contributed by atoms with Crippen molar-refractivity contribution in [3.05, 3.63) is 203 Å². The number of nitrogens with zero attached hydrogens (tertiary/aromatic N) is 7. The number of amides is 17. The first-order chi connectivity index (χ1) is 67.5. The number of fused-ring (bicyclic) bond motifs is 1. The molecular weight excluding hydrogens is 1830 g/mol. The van der Waals surface area contributed by atoms with Crippen LogP contribution in [0.25, 0.3) is 10.8 Å². The lowest BCUT2D eigenvalue weighted by molar-refractivity contribution is -0.142. The van der Waals surface area contributed by atoms with Gasteiger partial charge in [0.15, 0.2) is 0 Å². The molecule has 1 fully saturated rings. The number of halogens is 1. The molecular formula is C100H133ClN22O18. The van der Waals surface area contributed by atoms with Gasteiger partial charge in [-0.1, -0.05) is 118 Å². The van der Waals surface area contributed by atoms with Gasteiger partial charge in [-0.3, -0.25) is 101 Å². The van der Waals surface area contributed by atoms with Crippen LogP contribution in [0.15, 0.2) is 164 Å². The Morgan fingerprint density at radius 1 is 0.440 bits per heavy atom. The normalized spacial score (nSPS) is 14.3. The Bertz CT molecular complexity index is 5350. The number of nitrogens with two attached hydrogens (primary N) is 1. The first-order valence-electron chi connectivity index (χ1n) is 47.7. The summed E-state index contributed by atoms with van der Waals surface area (Å²) in [5.74, 6) is -13.3. The van der Waals surface area contributed by atoms with Crippen LogP contribution in [0.2, 0.25) is 5.02 Å². The van der Waals surface area contributed by atoms with Crippen LogP contribution < -0.4 is 80.2 Å². The fourth-order valence-electron chi connectivity index (χ4n) is 15.7. The largest absolute Gasteiger partial charge is 0.394 e. The monoisotopic (exact) mass is 1960 g/mol. The van der Waals surface area contributed by atoms with Crippen LogP contribution in [0.1, 0.15) is 186 Å². The van der Waals surface area contributed by atoms with Crippen LogP contribution in [-0.4, -0.2) is 279 Å². The van der Waals surface area contributed by atoms with Gasteiger partial charge in [-0.05, 0) is 198 Å². The molecule has 0 bridgehead atoms. The first kappa shape index (κ1) is 112. The van der Waals surface area contributed by atoms with Gasteiger partial charge in [0.1, 0.15) is 83.5 Å². The average molecular weight is 1970 g/mol. The topological polar surface area (TPSA) is 566 Å². The molecule has 8 rings (SSSR count). The molecule has 5 heterocycles.